The van der Waals surface area contributed by atoms with Gasteiger partial charge in [0.1, 0.15) is 12.1 Å². The Morgan fingerprint density at radius 1 is 1.33 bits per heavy atom. The van der Waals surface area contributed by atoms with Crippen molar-refractivity contribution in [1.82, 2.24) is 15.3 Å². The highest BCUT2D eigenvalue weighted by Crippen LogP contribution is 2.29. The summed E-state index contributed by atoms with van der Waals surface area (Å²) >= 11 is 0. The van der Waals surface area contributed by atoms with Gasteiger partial charge in [0.2, 0.25) is 0 Å². The molecule has 0 aliphatic carbocycles. The Morgan fingerprint density at radius 2 is 1.97 bits per heavy atom. The van der Waals surface area contributed by atoms with Crippen molar-refractivity contribution in [3.8, 4) is 17.6 Å². The largest absolute Gasteiger partial charge is 0.493 e. The van der Waals surface area contributed by atoms with Crippen molar-refractivity contribution in [2.24, 2.45) is 5.92 Å². The molecular weight excluding hydrogens is 386 g/mol. The Bertz CT molecular complexity index is 1010. The summed E-state index contributed by atoms with van der Waals surface area (Å²) < 4.78 is 10.5. The number of amides is 1. The first-order chi connectivity index (χ1) is 14.2. The highest BCUT2D eigenvalue weighted by Gasteiger charge is 2.31. The lowest BCUT2D eigenvalue weighted by Gasteiger charge is -2.28. The Kier molecular flexibility index (Phi) is 7.40. The maximum atomic E-state index is 12.5. The van der Waals surface area contributed by atoms with Crippen LogP contribution in [-0.2, 0) is 11.3 Å². The predicted molar refractivity (Wildman–Crippen MR) is 113 cm³/mol. The Balaban J connectivity index is 2.24. The van der Waals surface area contributed by atoms with Gasteiger partial charge in [0.05, 0.1) is 37.7 Å². The van der Waals surface area contributed by atoms with E-state index in [1.165, 1.54) is 14.2 Å². The molecule has 3 N–H and O–H groups in total. The van der Waals surface area contributed by atoms with Gasteiger partial charge in [-0.3, -0.25) is 9.59 Å². The second-order valence-electron chi connectivity index (χ2n) is 7.71. The zero-order chi connectivity index (χ0) is 22.5. The Morgan fingerprint density at radius 3 is 2.50 bits per heavy atom. The van der Waals surface area contributed by atoms with E-state index in [1.807, 2.05) is 20.8 Å². The third-order valence-electron chi connectivity index (χ3n) is 5.37. The van der Waals surface area contributed by atoms with Gasteiger partial charge in [0.15, 0.2) is 23.9 Å². The second kappa shape index (κ2) is 9.59. The standard InChI is InChI=1S/C21H29N5O4/c1-7-26(11-19(27)25-21(4,12-22)13(2)3)10-18-23-15-9-17(30-6)16(29-5)8-14(15)20(28)24-18/h8-9,13H,7,10-11H2,1-6H3,(H,25,27)(H,23,24,28)/p+1/t21-/m1/s1. The lowest BCUT2D eigenvalue weighted by Crippen LogP contribution is -3.11. The fourth-order valence-corrected chi connectivity index (χ4v) is 3.01. The summed E-state index contributed by atoms with van der Waals surface area (Å²) in [5, 5.41) is 12.6. The molecule has 0 aliphatic rings. The van der Waals surface area contributed by atoms with Gasteiger partial charge >= 0.3 is 0 Å². The molecule has 1 amide bonds. The number of aromatic nitrogens is 2. The first-order valence-corrected chi connectivity index (χ1v) is 9.88. The van der Waals surface area contributed by atoms with Crippen LogP contribution in [0.2, 0.25) is 0 Å². The second-order valence-corrected chi connectivity index (χ2v) is 7.71. The number of aromatic amines is 1. The van der Waals surface area contributed by atoms with Crippen molar-refractivity contribution in [2.75, 3.05) is 27.3 Å². The molecule has 0 spiro atoms. The number of methoxy groups -OCH3 is 2. The van der Waals surface area contributed by atoms with Gasteiger partial charge in [0.25, 0.3) is 11.5 Å². The zero-order valence-electron chi connectivity index (χ0n) is 18.4. The van der Waals surface area contributed by atoms with E-state index in [9.17, 15) is 14.9 Å². The predicted octanol–water partition coefficient (Wildman–Crippen LogP) is 0.400. The van der Waals surface area contributed by atoms with Gasteiger partial charge in [-0.1, -0.05) is 13.8 Å². The number of H-pyrrole nitrogens is 1. The molecule has 0 saturated heterocycles. The average Bonchev–Trinajstić information content (AvgIpc) is 2.71. The van der Waals surface area contributed by atoms with Crippen LogP contribution in [0.15, 0.2) is 16.9 Å². The molecule has 0 bridgehead atoms. The molecule has 1 heterocycles. The number of likely N-dealkylation sites (N-methyl/N-ethyl adjacent to an activating group) is 1. The van der Waals surface area contributed by atoms with Crippen molar-refractivity contribution in [3.05, 3.63) is 28.3 Å². The maximum Gasteiger partial charge on any atom is 0.276 e. The first-order valence-electron chi connectivity index (χ1n) is 9.88. The third kappa shape index (κ3) is 5.07. The number of rotatable bonds is 9. The number of quaternary nitrogens is 1. The van der Waals surface area contributed by atoms with Gasteiger partial charge < -0.3 is 24.7 Å². The minimum absolute atomic E-state index is 0.0259. The quantitative estimate of drug-likeness (QED) is 0.544. The first kappa shape index (κ1) is 23.2. The van der Waals surface area contributed by atoms with E-state index in [0.717, 1.165) is 4.90 Å². The fraction of sp³-hybridized carbons (Fsp3) is 0.524. The minimum Gasteiger partial charge on any atom is -0.493 e. The highest BCUT2D eigenvalue weighted by molar-refractivity contribution is 5.81. The molecule has 0 fully saturated rings. The van der Waals surface area contributed by atoms with E-state index in [4.69, 9.17) is 9.47 Å². The van der Waals surface area contributed by atoms with E-state index in [0.29, 0.717) is 41.3 Å². The molecule has 1 aromatic carbocycles. The van der Waals surface area contributed by atoms with E-state index < -0.39 is 5.54 Å². The highest BCUT2D eigenvalue weighted by atomic mass is 16.5. The van der Waals surface area contributed by atoms with Crippen LogP contribution in [0.25, 0.3) is 10.9 Å². The van der Waals surface area contributed by atoms with E-state index >= 15 is 0 Å². The number of nitriles is 1. The maximum absolute atomic E-state index is 12.5. The van der Waals surface area contributed by atoms with Crippen LogP contribution in [-0.4, -0.2) is 48.7 Å². The molecule has 9 nitrogen and oxygen atoms in total. The van der Waals surface area contributed by atoms with Crippen molar-refractivity contribution in [3.63, 3.8) is 0 Å². The molecule has 2 rings (SSSR count). The van der Waals surface area contributed by atoms with Crippen molar-refractivity contribution < 1.29 is 19.2 Å². The number of fused-ring (bicyclic) bond motifs is 1. The number of carbonyl (C=O) groups excluding carboxylic acids is 1. The number of ether oxygens (including phenoxy) is 2. The van der Waals surface area contributed by atoms with Crippen LogP contribution in [0, 0.1) is 17.2 Å². The molecule has 1 aromatic heterocycles. The molecule has 30 heavy (non-hydrogen) atoms. The minimum atomic E-state index is -0.930. The smallest absolute Gasteiger partial charge is 0.276 e. The molecule has 162 valence electrons. The van der Waals surface area contributed by atoms with Crippen LogP contribution in [0.4, 0.5) is 0 Å². The van der Waals surface area contributed by atoms with E-state index in [2.05, 4.69) is 21.4 Å². The lowest BCUT2D eigenvalue weighted by atomic mass is 9.90. The van der Waals surface area contributed by atoms with Gasteiger partial charge in [0, 0.05) is 6.07 Å². The number of hydrogen-bond donors (Lipinski definition) is 3. The normalized spacial score (nSPS) is 14.1. The summed E-state index contributed by atoms with van der Waals surface area (Å²) in [6, 6.07) is 5.43. The molecule has 9 heteroatoms. The van der Waals surface area contributed by atoms with Crippen LogP contribution < -0.4 is 25.2 Å². The monoisotopic (exact) mass is 416 g/mol. The van der Waals surface area contributed by atoms with E-state index in [1.54, 1.807) is 19.1 Å². The van der Waals surface area contributed by atoms with Gasteiger partial charge in [-0.2, -0.15) is 5.26 Å². The number of carbonyl (C=O) groups is 1. The van der Waals surface area contributed by atoms with Gasteiger partial charge in [-0.05, 0) is 25.8 Å². The van der Waals surface area contributed by atoms with Crippen molar-refractivity contribution in [2.45, 2.75) is 39.8 Å². The number of benzene rings is 1. The summed E-state index contributed by atoms with van der Waals surface area (Å²) in [5.74, 6) is 1.16. The van der Waals surface area contributed by atoms with Gasteiger partial charge in [-0.15, -0.1) is 0 Å². The SMILES string of the molecule is CC[NH+](CC(=O)N[C@](C)(C#N)C(C)C)Cc1nc2cc(OC)c(OC)cc2c(=O)[nH]1. The zero-order valence-corrected chi connectivity index (χ0v) is 18.4. The van der Waals surface area contributed by atoms with Crippen LogP contribution >= 0.6 is 0 Å². The molecule has 0 radical (unpaired) electrons. The third-order valence-corrected chi connectivity index (χ3v) is 5.37. The number of hydrogen-bond acceptors (Lipinski definition) is 6. The summed E-state index contributed by atoms with van der Waals surface area (Å²) in [7, 11) is 3.02. The summed E-state index contributed by atoms with van der Waals surface area (Å²) in [5.41, 5.74) is -0.725. The van der Waals surface area contributed by atoms with Gasteiger partial charge in [-0.25, -0.2) is 4.98 Å². The fourth-order valence-electron chi connectivity index (χ4n) is 3.01. The molecule has 1 unspecified atom stereocenters. The van der Waals surface area contributed by atoms with Crippen LogP contribution in [0.5, 0.6) is 11.5 Å². The molecule has 0 saturated carbocycles. The Hall–Kier alpha value is -3.12. The summed E-state index contributed by atoms with van der Waals surface area (Å²) in [4.78, 5) is 33.3. The van der Waals surface area contributed by atoms with Crippen LogP contribution in [0.1, 0.15) is 33.5 Å². The number of nitrogens with zero attached hydrogens (tertiary/aromatic N) is 2. The number of nitrogens with one attached hydrogen (secondary N) is 3. The average molecular weight is 417 g/mol. The summed E-state index contributed by atoms with van der Waals surface area (Å²) in [6.07, 6.45) is 0. The summed E-state index contributed by atoms with van der Waals surface area (Å²) in [6.45, 7) is 8.60. The molecule has 2 aromatic rings. The Labute approximate surface area is 176 Å². The molecular formula is C21H30N5O4+. The van der Waals surface area contributed by atoms with Crippen LogP contribution in [0.3, 0.4) is 0 Å². The molecule has 0 aliphatic heterocycles. The lowest BCUT2D eigenvalue weighted by molar-refractivity contribution is -0.904. The molecule has 2 atom stereocenters. The van der Waals surface area contributed by atoms with E-state index in [-0.39, 0.29) is 23.9 Å². The topological polar surface area (TPSA) is 122 Å². The van der Waals surface area contributed by atoms with Crippen molar-refractivity contribution in [1.29, 1.82) is 5.26 Å². The van der Waals surface area contributed by atoms with Crippen molar-refractivity contribution >= 4 is 16.8 Å².